The fourth-order valence-electron chi connectivity index (χ4n) is 0. The van der Waals surface area contributed by atoms with Crippen LogP contribution in [0.25, 0.3) is 20.6 Å². The van der Waals surface area contributed by atoms with Crippen LogP contribution in [0.2, 0.25) is 0 Å². The van der Waals surface area contributed by atoms with Crippen molar-refractivity contribution in [3.8, 4) is 0 Å². The molecule has 0 saturated carbocycles. The molecule has 0 spiro atoms. The van der Waals surface area contributed by atoms with Crippen molar-refractivity contribution >= 4 is 85.1 Å². The molecular formula is C12H36Br4N4Ni4P4-4. The summed E-state index contributed by atoms with van der Waals surface area (Å²) in [5, 5.41) is 34.5. The van der Waals surface area contributed by atoms with E-state index in [2.05, 4.69) is 112 Å². The van der Waals surface area contributed by atoms with Crippen LogP contribution in [0, 0.1) is 0 Å². The molecule has 0 rings (SSSR count). The van der Waals surface area contributed by atoms with Crippen LogP contribution < -0.4 is 0 Å². The Labute approximate surface area is 237 Å². The molecule has 0 aromatic heterocycles. The van der Waals surface area contributed by atoms with Crippen LogP contribution in [0.4, 0.5) is 0 Å². The monoisotopic (exact) mass is 908 g/mol. The summed E-state index contributed by atoms with van der Waals surface area (Å²) in [6, 6.07) is 0. The van der Waals surface area contributed by atoms with E-state index in [1.165, 1.54) is 0 Å². The van der Waals surface area contributed by atoms with Gasteiger partial charge in [-0.2, -0.15) is 0 Å². The van der Waals surface area contributed by atoms with Crippen LogP contribution >= 0.6 is 85.1 Å². The van der Waals surface area contributed by atoms with E-state index in [9.17, 15) is 0 Å². The maximum atomic E-state index is 8.63. The summed E-state index contributed by atoms with van der Waals surface area (Å²) >= 11 is 25.0. The molecule has 0 aliphatic rings. The zero-order valence-electron chi connectivity index (χ0n) is 18.4. The van der Waals surface area contributed by atoms with Crippen LogP contribution in [0.1, 0.15) is 0 Å². The Balaban J connectivity index is -0.0000000283. The summed E-state index contributed by atoms with van der Waals surface area (Å²) in [5.74, 6) is 0. The molecule has 0 radical (unpaired) electrons. The first-order valence-corrected chi connectivity index (χ1v) is 28.7. The minimum absolute atomic E-state index is 1.39. The van der Waals surface area contributed by atoms with Gasteiger partial charge in [0.15, 0.2) is 0 Å². The molecule has 0 bridgehead atoms. The normalized spacial score (nSPS) is 9.43. The molecule has 0 aliphatic heterocycles. The van der Waals surface area contributed by atoms with Gasteiger partial charge in [0.05, 0.1) is 0 Å². The van der Waals surface area contributed by atoms with E-state index in [4.69, 9.17) is 20.6 Å². The first kappa shape index (κ1) is 53.9. The van der Waals surface area contributed by atoms with Crippen molar-refractivity contribution in [3.63, 3.8) is 0 Å². The second kappa shape index (κ2) is 36.4. The van der Waals surface area contributed by atoms with Crippen molar-refractivity contribution in [2.24, 2.45) is 0 Å². The van der Waals surface area contributed by atoms with Gasteiger partial charge in [-0.1, -0.05) is 80.0 Å². The number of halogens is 4. The standard InChI is InChI=1S/4C3H9NP.4BrH.4Ni/c4*1-5(2,3)4;;;;;;;;/h4*1-3H3;4*1H;;;;/q4*-1;;;;;4*+1/p-4. The SMILES string of the molecule is CP(C)(C)=[N-].CP(C)(C)=[N-].CP(C)(C)=[N-].CP(C)(C)=[N-].[Ni][Br].[Ni][Br].[Ni][Br].[Ni][Br]. The Morgan fingerprint density at radius 1 is 0.321 bits per heavy atom. The van der Waals surface area contributed by atoms with Gasteiger partial charge in [0.25, 0.3) is 0 Å². The topological polar surface area (TPSA) is 89.2 Å². The number of hydrogen-bond acceptors (Lipinski definition) is 0. The molecule has 16 heteroatoms. The Morgan fingerprint density at radius 3 is 0.321 bits per heavy atom. The van der Waals surface area contributed by atoms with Crippen molar-refractivity contribution in [3.05, 3.63) is 20.6 Å². The van der Waals surface area contributed by atoms with Gasteiger partial charge in [0.2, 0.25) is 0 Å². The van der Waals surface area contributed by atoms with Gasteiger partial charge < -0.3 is 20.6 Å². The molecule has 28 heavy (non-hydrogen) atoms. The molecule has 0 N–H and O–H groups in total. The molecule has 0 aliphatic carbocycles. The molecule has 0 unspecified atom stereocenters. The molecule has 0 aromatic carbocycles. The van der Waals surface area contributed by atoms with Crippen LogP contribution in [0.3, 0.4) is 0 Å². The van der Waals surface area contributed by atoms with E-state index in [-0.39, 0.29) is 0 Å². The Bertz CT molecular complexity index is 324. The third-order valence-corrected chi connectivity index (χ3v) is 0. The van der Waals surface area contributed by atoms with Crippen molar-refractivity contribution < 1.29 is 54.8 Å². The predicted molar refractivity (Wildman–Crippen MR) is 148 cm³/mol. The van der Waals surface area contributed by atoms with Crippen molar-refractivity contribution in [1.29, 1.82) is 0 Å². The number of hydrogen-bond donors (Lipinski definition) is 0. The molecule has 0 atom stereocenters. The van der Waals surface area contributed by atoms with Crippen LogP contribution in [0.15, 0.2) is 0 Å². The minimum atomic E-state index is -1.39. The zero-order chi connectivity index (χ0) is 26.0. The van der Waals surface area contributed by atoms with E-state index in [0.29, 0.717) is 0 Å². The molecule has 0 saturated heterocycles. The van der Waals surface area contributed by atoms with Crippen LogP contribution in [-0.4, -0.2) is 80.0 Å². The average Bonchev–Trinajstić information content (AvgIpc) is 2.40. The molecule has 4 nitrogen and oxygen atoms in total. The fourth-order valence-corrected chi connectivity index (χ4v) is 0. The van der Waals surface area contributed by atoms with Gasteiger partial charge in [0.1, 0.15) is 0 Å². The summed E-state index contributed by atoms with van der Waals surface area (Å²) in [5.41, 5.74) is 0. The van der Waals surface area contributed by atoms with E-state index >= 15 is 0 Å². The first-order valence-electron chi connectivity index (χ1n) is 6.64. The summed E-state index contributed by atoms with van der Waals surface area (Å²) in [6.45, 7) is 22.3. The van der Waals surface area contributed by atoms with Crippen LogP contribution in [0.5, 0.6) is 0 Å². The summed E-state index contributed by atoms with van der Waals surface area (Å²) < 4.78 is 0. The summed E-state index contributed by atoms with van der Waals surface area (Å²) in [6.07, 6.45) is 0. The number of rotatable bonds is 0. The maximum absolute atomic E-state index is 8.63. The Hall–Kier alpha value is 4.81. The van der Waals surface area contributed by atoms with E-state index < -0.39 is 28.2 Å². The van der Waals surface area contributed by atoms with Gasteiger partial charge in [-0.25, -0.2) is 28.2 Å². The molecule has 0 amide bonds. The summed E-state index contributed by atoms with van der Waals surface area (Å²) in [7, 11) is -5.56. The fraction of sp³-hybridized carbons (Fsp3) is 1.00. The third-order valence-electron chi connectivity index (χ3n) is 0. The van der Waals surface area contributed by atoms with Gasteiger partial charge in [-0.3, -0.25) is 0 Å². The second-order valence-electron chi connectivity index (χ2n) is 7.77. The van der Waals surface area contributed by atoms with Crippen molar-refractivity contribution in [2.75, 3.05) is 80.0 Å². The first-order chi connectivity index (χ1) is 12.0. The third kappa shape index (κ3) is 1180. The quantitative estimate of drug-likeness (QED) is 0.171. The number of nitrogens with zero attached hydrogens (tertiary/aromatic N) is 4. The molecule has 0 aromatic rings. The zero-order valence-corrected chi connectivity index (χ0v) is 32.2. The van der Waals surface area contributed by atoms with E-state index in [0.717, 1.165) is 0 Å². The van der Waals surface area contributed by atoms with Crippen molar-refractivity contribution in [1.82, 2.24) is 0 Å². The average molecular weight is 915 g/mol. The second-order valence-corrected chi connectivity index (χ2v) is 23.3. The molecule has 196 valence electrons. The van der Waals surface area contributed by atoms with Gasteiger partial charge in [-0.15, -0.1) is 0 Å². The van der Waals surface area contributed by atoms with Gasteiger partial charge in [-0.05, 0) is 0 Å². The van der Waals surface area contributed by atoms with E-state index in [1.54, 1.807) is 0 Å². The predicted octanol–water partition coefficient (Wildman–Crippen LogP) is 9.96. The van der Waals surface area contributed by atoms with Crippen LogP contribution in [-0.2, 0) is 54.8 Å². The summed E-state index contributed by atoms with van der Waals surface area (Å²) in [4.78, 5) is 0. The van der Waals surface area contributed by atoms with Gasteiger partial charge in [0, 0.05) is 0 Å². The van der Waals surface area contributed by atoms with E-state index in [1.807, 2.05) is 80.0 Å². The van der Waals surface area contributed by atoms with Crippen molar-refractivity contribution in [2.45, 2.75) is 0 Å². The molecule has 0 heterocycles. The Morgan fingerprint density at radius 2 is 0.321 bits per heavy atom. The van der Waals surface area contributed by atoms with Gasteiger partial charge >= 0.3 is 112 Å². The molecular weight excluding hydrogens is 878 g/mol. The Kier molecular flexibility index (Phi) is 70.1. The molecule has 0 fully saturated rings.